The topological polar surface area (TPSA) is 43.2 Å². The summed E-state index contributed by atoms with van der Waals surface area (Å²) in [5.74, 6) is 0.279. The van der Waals surface area contributed by atoms with Crippen molar-refractivity contribution in [2.24, 2.45) is 0 Å². The lowest BCUT2D eigenvalue weighted by atomic mass is 10.4. The van der Waals surface area contributed by atoms with E-state index in [0.29, 0.717) is 31.5 Å². The van der Waals surface area contributed by atoms with E-state index in [0.717, 1.165) is 6.42 Å². The van der Waals surface area contributed by atoms with Gasteiger partial charge in [-0.2, -0.15) is 13.2 Å². The van der Waals surface area contributed by atoms with Gasteiger partial charge in [0, 0.05) is 18.3 Å². The van der Waals surface area contributed by atoms with Crippen LogP contribution in [0.5, 0.6) is 0 Å². The van der Waals surface area contributed by atoms with E-state index >= 15 is 0 Å². The van der Waals surface area contributed by atoms with Gasteiger partial charge in [-0.3, -0.25) is 4.57 Å². The lowest BCUT2D eigenvalue weighted by Gasteiger charge is -2.28. The van der Waals surface area contributed by atoms with Gasteiger partial charge in [0.15, 0.2) is 5.16 Å². The Morgan fingerprint density at radius 1 is 1.29 bits per heavy atom. The highest BCUT2D eigenvalue weighted by Crippen LogP contribution is 2.30. The summed E-state index contributed by atoms with van der Waals surface area (Å²) >= 11 is 1.33. The minimum Gasteiger partial charge on any atom is -0.378 e. The highest BCUT2D eigenvalue weighted by molar-refractivity contribution is 7.99. The standard InChI is InChI=1S/C12H19F3N4OS/c1-3-9(2)21-11-17-16-10(18-4-6-20-7-5-18)19(11)8-12(13,14)15/h9H,3-8H2,1-2H3. The van der Waals surface area contributed by atoms with Crippen molar-refractivity contribution in [1.82, 2.24) is 14.8 Å². The van der Waals surface area contributed by atoms with Crippen molar-refractivity contribution in [1.29, 1.82) is 0 Å². The molecule has 1 fully saturated rings. The van der Waals surface area contributed by atoms with Gasteiger partial charge in [0.05, 0.1) is 13.2 Å². The van der Waals surface area contributed by atoms with Crippen LogP contribution in [-0.2, 0) is 11.3 Å². The van der Waals surface area contributed by atoms with Crippen molar-refractivity contribution in [2.75, 3.05) is 31.2 Å². The molecule has 0 radical (unpaired) electrons. The fraction of sp³-hybridized carbons (Fsp3) is 0.833. The number of hydrogen-bond acceptors (Lipinski definition) is 5. The number of rotatable bonds is 5. The molecule has 0 saturated carbocycles. The highest BCUT2D eigenvalue weighted by Gasteiger charge is 2.33. The average Bonchev–Trinajstić information content (AvgIpc) is 2.80. The Hall–Kier alpha value is -0.960. The van der Waals surface area contributed by atoms with Gasteiger partial charge in [0.1, 0.15) is 6.54 Å². The normalized spacial score (nSPS) is 18.0. The average molecular weight is 324 g/mol. The molecule has 21 heavy (non-hydrogen) atoms. The molecule has 5 nitrogen and oxygen atoms in total. The summed E-state index contributed by atoms with van der Waals surface area (Å²) in [5, 5.41) is 8.45. The van der Waals surface area contributed by atoms with Gasteiger partial charge in [-0.1, -0.05) is 25.6 Å². The third-order valence-electron chi connectivity index (χ3n) is 3.21. The molecule has 1 atom stereocenters. The number of aromatic nitrogens is 3. The molecule has 120 valence electrons. The van der Waals surface area contributed by atoms with Crippen molar-refractivity contribution >= 4 is 17.7 Å². The van der Waals surface area contributed by atoms with Crippen LogP contribution in [-0.4, -0.2) is 52.5 Å². The zero-order valence-corrected chi connectivity index (χ0v) is 12.9. The first-order chi connectivity index (χ1) is 9.90. The predicted octanol–water partition coefficient (Wildman–Crippen LogP) is 2.57. The predicted molar refractivity (Wildman–Crippen MR) is 74.7 cm³/mol. The molecule has 0 aromatic carbocycles. The van der Waals surface area contributed by atoms with E-state index in [9.17, 15) is 13.2 Å². The summed E-state index contributed by atoms with van der Waals surface area (Å²) in [6, 6.07) is 0. The van der Waals surface area contributed by atoms with Gasteiger partial charge < -0.3 is 9.64 Å². The molecule has 2 rings (SSSR count). The van der Waals surface area contributed by atoms with E-state index in [1.54, 1.807) is 4.90 Å². The SMILES string of the molecule is CCC(C)Sc1nnc(N2CCOCC2)n1CC(F)(F)F. The maximum atomic E-state index is 12.8. The Balaban J connectivity index is 2.26. The van der Waals surface area contributed by atoms with Crippen LogP contribution in [0.15, 0.2) is 5.16 Å². The summed E-state index contributed by atoms with van der Waals surface area (Å²) in [4.78, 5) is 1.79. The van der Waals surface area contributed by atoms with E-state index in [2.05, 4.69) is 10.2 Å². The number of hydrogen-bond donors (Lipinski definition) is 0. The van der Waals surface area contributed by atoms with Crippen LogP contribution >= 0.6 is 11.8 Å². The molecule has 0 amide bonds. The van der Waals surface area contributed by atoms with Crippen LogP contribution in [0.2, 0.25) is 0 Å². The van der Waals surface area contributed by atoms with Crippen LogP contribution in [0.1, 0.15) is 20.3 Å². The number of halogens is 3. The quantitative estimate of drug-likeness (QED) is 0.779. The van der Waals surface area contributed by atoms with Crippen molar-refractivity contribution in [3.8, 4) is 0 Å². The second kappa shape index (κ2) is 6.87. The van der Waals surface area contributed by atoms with Crippen LogP contribution in [0, 0.1) is 0 Å². The Labute approximate surface area is 125 Å². The number of alkyl halides is 3. The molecular formula is C12H19F3N4OS. The van der Waals surface area contributed by atoms with Gasteiger partial charge in [-0.25, -0.2) is 0 Å². The molecular weight excluding hydrogens is 305 g/mol. The van der Waals surface area contributed by atoms with E-state index in [4.69, 9.17) is 4.74 Å². The minimum atomic E-state index is -4.30. The maximum absolute atomic E-state index is 12.8. The van der Waals surface area contributed by atoms with Gasteiger partial charge in [-0.15, -0.1) is 10.2 Å². The van der Waals surface area contributed by atoms with E-state index in [-0.39, 0.29) is 11.2 Å². The Bertz CT molecular complexity index is 460. The van der Waals surface area contributed by atoms with Crippen molar-refractivity contribution in [3.63, 3.8) is 0 Å². The van der Waals surface area contributed by atoms with Crippen LogP contribution in [0.3, 0.4) is 0 Å². The summed E-state index contributed by atoms with van der Waals surface area (Å²) in [6.45, 7) is 4.94. The summed E-state index contributed by atoms with van der Waals surface area (Å²) in [7, 11) is 0. The molecule has 1 unspecified atom stereocenters. The summed E-state index contributed by atoms with van der Waals surface area (Å²) < 4.78 is 44.9. The van der Waals surface area contributed by atoms with Crippen LogP contribution in [0.25, 0.3) is 0 Å². The first-order valence-electron chi connectivity index (χ1n) is 6.90. The van der Waals surface area contributed by atoms with E-state index in [1.807, 2.05) is 13.8 Å². The Morgan fingerprint density at radius 2 is 1.95 bits per heavy atom. The number of morpholine rings is 1. The number of anilines is 1. The van der Waals surface area contributed by atoms with Crippen LogP contribution in [0.4, 0.5) is 19.1 Å². The Morgan fingerprint density at radius 3 is 2.52 bits per heavy atom. The van der Waals surface area contributed by atoms with Gasteiger partial charge in [-0.05, 0) is 6.42 Å². The fourth-order valence-electron chi connectivity index (χ4n) is 1.95. The van der Waals surface area contributed by atoms with E-state index < -0.39 is 12.7 Å². The summed E-state index contributed by atoms with van der Waals surface area (Å²) in [6.07, 6.45) is -3.44. The molecule has 1 saturated heterocycles. The second-order valence-corrected chi connectivity index (χ2v) is 6.33. The lowest BCUT2D eigenvalue weighted by molar-refractivity contribution is -0.141. The monoisotopic (exact) mass is 324 g/mol. The third-order valence-corrected chi connectivity index (χ3v) is 4.46. The molecule has 1 aliphatic heterocycles. The fourth-order valence-corrected chi connectivity index (χ4v) is 2.83. The largest absolute Gasteiger partial charge is 0.406 e. The minimum absolute atomic E-state index is 0.193. The van der Waals surface area contributed by atoms with Crippen LogP contribution < -0.4 is 4.90 Å². The smallest absolute Gasteiger partial charge is 0.378 e. The highest BCUT2D eigenvalue weighted by atomic mass is 32.2. The summed E-state index contributed by atoms with van der Waals surface area (Å²) in [5.41, 5.74) is 0. The molecule has 0 bridgehead atoms. The molecule has 0 N–H and O–H groups in total. The zero-order valence-electron chi connectivity index (χ0n) is 12.1. The number of thioether (sulfide) groups is 1. The molecule has 1 aromatic heterocycles. The first-order valence-corrected chi connectivity index (χ1v) is 7.78. The molecule has 9 heteroatoms. The third kappa shape index (κ3) is 4.50. The maximum Gasteiger partial charge on any atom is 0.406 e. The van der Waals surface area contributed by atoms with E-state index in [1.165, 1.54) is 16.3 Å². The van der Waals surface area contributed by atoms with Crippen molar-refractivity contribution in [2.45, 2.75) is 43.4 Å². The zero-order chi connectivity index (χ0) is 15.5. The van der Waals surface area contributed by atoms with Crippen molar-refractivity contribution < 1.29 is 17.9 Å². The molecule has 0 aliphatic carbocycles. The first kappa shape index (κ1) is 16.4. The van der Waals surface area contributed by atoms with Crippen molar-refractivity contribution in [3.05, 3.63) is 0 Å². The molecule has 0 spiro atoms. The van der Waals surface area contributed by atoms with Gasteiger partial charge >= 0.3 is 6.18 Å². The molecule has 2 heterocycles. The lowest BCUT2D eigenvalue weighted by Crippen LogP contribution is -2.38. The molecule has 1 aliphatic rings. The van der Waals surface area contributed by atoms with Gasteiger partial charge in [0.2, 0.25) is 5.95 Å². The molecule has 1 aromatic rings. The Kier molecular flexibility index (Phi) is 5.37. The number of nitrogens with zero attached hydrogens (tertiary/aromatic N) is 4. The second-order valence-electron chi connectivity index (χ2n) is 4.92. The van der Waals surface area contributed by atoms with Gasteiger partial charge in [0.25, 0.3) is 0 Å². The number of ether oxygens (including phenoxy) is 1.